The molecule has 0 rings (SSSR count). The van der Waals surface area contributed by atoms with Gasteiger partial charge in [-0.1, -0.05) is 25.3 Å². The molecule has 2 heteroatoms. The monoisotopic (exact) mass is 123 g/mol. The third kappa shape index (κ3) is 2.59. The van der Waals surface area contributed by atoms with Gasteiger partial charge in [-0.05, 0) is 17.7 Å². The minimum atomic E-state index is 0.259. The maximum atomic E-state index is 9.80. The molecule has 0 N–H and O–H groups in total. The Bertz CT molecular complexity index is 168. The van der Waals surface area contributed by atoms with Crippen molar-refractivity contribution in [2.75, 3.05) is 0 Å². The second-order valence-electron chi connectivity index (χ2n) is 1.62. The van der Waals surface area contributed by atoms with Gasteiger partial charge in [0.2, 0.25) is 0 Å². The molecule has 0 aromatic heterocycles. The predicted molar refractivity (Wildman–Crippen MR) is 38.9 cm³/mol. The zero-order valence-corrected chi connectivity index (χ0v) is 5.42. The van der Waals surface area contributed by atoms with Gasteiger partial charge in [0.1, 0.15) is 5.70 Å². The summed E-state index contributed by atoms with van der Waals surface area (Å²) in [4.78, 5) is 9.80. The molecule has 0 amide bonds. The van der Waals surface area contributed by atoms with Gasteiger partial charge in [0.15, 0.2) is 0 Å². The van der Waals surface area contributed by atoms with E-state index in [0.717, 1.165) is 5.57 Å². The normalized spacial score (nSPS) is 10.6. The topological polar surface area (TPSA) is 29.4 Å². The van der Waals surface area contributed by atoms with E-state index in [9.17, 15) is 4.91 Å². The first-order valence-corrected chi connectivity index (χ1v) is 2.54. The summed E-state index contributed by atoms with van der Waals surface area (Å²) in [5.74, 6) is 0. The molecule has 0 fully saturated rings. The molecule has 0 aliphatic rings. The smallest absolute Gasteiger partial charge is 0.103 e. The molecule has 48 valence electrons. The van der Waals surface area contributed by atoms with Gasteiger partial charge >= 0.3 is 0 Å². The average Bonchev–Trinajstić information content (AvgIpc) is 1.87. The molecule has 0 aliphatic carbocycles. The first kappa shape index (κ1) is 7.82. The van der Waals surface area contributed by atoms with E-state index in [0.29, 0.717) is 0 Å². The highest BCUT2D eigenvalue weighted by Gasteiger charge is 1.91. The minimum Gasteiger partial charge on any atom is -0.145 e. The summed E-state index contributed by atoms with van der Waals surface area (Å²) in [6.45, 7) is 8.61. The Labute approximate surface area is 54.6 Å². The number of hydrogen-bond donors (Lipinski definition) is 0. The van der Waals surface area contributed by atoms with E-state index in [1.165, 1.54) is 0 Å². The number of allylic oxidation sites excluding steroid dienone is 3. The van der Waals surface area contributed by atoms with Crippen LogP contribution in [-0.2, 0) is 0 Å². The van der Waals surface area contributed by atoms with Gasteiger partial charge in [-0.2, -0.15) is 0 Å². The van der Waals surface area contributed by atoms with Crippen LogP contribution in [0.1, 0.15) is 6.92 Å². The fourth-order valence-electron chi connectivity index (χ4n) is 0.345. The van der Waals surface area contributed by atoms with Gasteiger partial charge in [-0.25, -0.2) is 0 Å². The summed E-state index contributed by atoms with van der Waals surface area (Å²) in [7, 11) is 0. The molecule has 0 aromatic rings. The van der Waals surface area contributed by atoms with E-state index in [1.807, 2.05) is 0 Å². The lowest BCUT2D eigenvalue weighted by Crippen LogP contribution is -1.74. The SMILES string of the molecule is C=C/C=C(/C)C(=C)N=O. The Kier molecular flexibility index (Phi) is 3.28. The lowest BCUT2D eigenvalue weighted by Gasteiger charge is -1.89. The highest BCUT2D eigenvalue weighted by molar-refractivity contribution is 5.27. The van der Waals surface area contributed by atoms with Crippen LogP contribution in [0.2, 0.25) is 0 Å². The third-order valence-corrected chi connectivity index (χ3v) is 0.933. The van der Waals surface area contributed by atoms with Crippen molar-refractivity contribution in [2.24, 2.45) is 5.18 Å². The van der Waals surface area contributed by atoms with Crippen LogP contribution in [0.4, 0.5) is 0 Å². The van der Waals surface area contributed by atoms with Crippen LogP contribution < -0.4 is 0 Å². The fourth-order valence-corrected chi connectivity index (χ4v) is 0.345. The van der Waals surface area contributed by atoms with Gasteiger partial charge in [0.25, 0.3) is 0 Å². The third-order valence-electron chi connectivity index (χ3n) is 0.933. The summed E-state index contributed by atoms with van der Waals surface area (Å²) in [6, 6.07) is 0. The summed E-state index contributed by atoms with van der Waals surface area (Å²) in [6.07, 6.45) is 3.27. The van der Waals surface area contributed by atoms with E-state index in [1.54, 1.807) is 19.1 Å². The zero-order chi connectivity index (χ0) is 7.28. The fraction of sp³-hybridized carbons (Fsp3) is 0.143. The van der Waals surface area contributed by atoms with E-state index in [4.69, 9.17) is 0 Å². The van der Waals surface area contributed by atoms with E-state index in [-0.39, 0.29) is 5.70 Å². The molecule has 0 saturated carbocycles. The molecule has 0 radical (unpaired) electrons. The lowest BCUT2D eigenvalue weighted by atomic mass is 10.2. The molecule has 0 unspecified atom stereocenters. The van der Waals surface area contributed by atoms with Crippen molar-refractivity contribution in [3.63, 3.8) is 0 Å². The molecule has 0 atom stereocenters. The number of nitrogens with zero attached hydrogens (tertiary/aromatic N) is 1. The molecule has 0 aliphatic heterocycles. The maximum absolute atomic E-state index is 9.80. The standard InChI is InChI=1S/C7H9NO/c1-4-5-6(2)7(3)8-9/h4-5H,1,3H2,2H3/b6-5-. The molecule has 0 bridgehead atoms. The molecule has 0 aromatic carbocycles. The summed E-state index contributed by atoms with van der Waals surface area (Å²) in [5, 5.41) is 2.65. The van der Waals surface area contributed by atoms with Crippen LogP contribution in [0.15, 0.2) is 41.8 Å². The Morgan fingerprint density at radius 2 is 2.22 bits per heavy atom. The van der Waals surface area contributed by atoms with Gasteiger partial charge in [-0.3, -0.25) is 0 Å². The largest absolute Gasteiger partial charge is 0.145 e. The van der Waals surface area contributed by atoms with Crippen LogP contribution in [0.25, 0.3) is 0 Å². The summed E-state index contributed by atoms with van der Waals surface area (Å²) >= 11 is 0. The Hall–Kier alpha value is -1.18. The van der Waals surface area contributed by atoms with Crippen molar-refractivity contribution >= 4 is 0 Å². The van der Waals surface area contributed by atoms with E-state index in [2.05, 4.69) is 18.3 Å². The van der Waals surface area contributed by atoms with Gasteiger partial charge in [0.05, 0.1) is 0 Å². The van der Waals surface area contributed by atoms with Crippen molar-refractivity contribution in [1.29, 1.82) is 0 Å². The Morgan fingerprint density at radius 1 is 1.67 bits per heavy atom. The Balaban J connectivity index is 4.18. The molecular weight excluding hydrogens is 114 g/mol. The second kappa shape index (κ2) is 3.78. The zero-order valence-electron chi connectivity index (χ0n) is 5.42. The lowest BCUT2D eigenvalue weighted by molar-refractivity contribution is 1.29. The predicted octanol–water partition coefficient (Wildman–Crippen LogP) is 2.40. The first-order valence-electron chi connectivity index (χ1n) is 2.54. The summed E-state index contributed by atoms with van der Waals surface area (Å²) < 4.78 is 0. The number of hydrogen-bond acceptors (Lipinski definition) is 2. The van der Waals surface area contributed by atoms with E-state index < -0.39 is 0 Å². The molecule has 0 heterocycles. The molecule has 0 spiro atoms. The van der Waals surface area contributed by atoms with Crippen LogP contribution in [0, 0.1) is 4.91 Å². The highest BCUT2D eigenvalue weighted by Crippen LogP contribution is 2.06. The molecule has 9 heavy (non-hydrogen) atoms. The van der Waals surface area contributed by atoms with Gasteiger partial charge in [0, 0.05) is 0 Å². The minimum absolute atomic E-state index is 0.259. The van der Waals surface area contributed by atoms with Crippen LogP contribution in [0.5, 0.6) is 0 Å². The summed E-state index contributed by atoms with van der Waals surface area (Å²) in [5.41, 5.74) is 1.01. The van der Waals surface area contributed by atoms with Gasteiger partial charge < -0.3 is 0 Å². The first-order chi connectivity index (χ1) is 4.22. The van der Waals surface area contributed by atoms with E-state index >= 15 is 0 Å². The van der Waals surface area contributed by atoms with Gasteiger partial charge in [-0.15, -0.1) is 4.91 Å². The molecule has 2 nitrogen and oxygen atoms in total. The van der Waals surface area contributed by atoms with Crippen molar-refractivity contribution in [3.05, 3.63) is 41.5 Å². The van der Waals surface area contributed by atoms with Crippen LogP contribution in [0.3, 0.4) is 0 Å². The molecule has 0 saturated heterocycles. The van der Waals surface area contributed by atoms with Crippen molar-refractivity contribution < 1.29 is 0 Å². The Morgan fingerprint density at radius 3 is 2.56 bits per heavy atom. The van der Waals surface area contributed by atoms with Crippen molar-refractivity contribution in [2.45, 2.75) is 6.92 Å². The van der Waals surface area contributed by atoms with Crippen molar-refractivity contribution in [1.82, 2.24) is 0 Å². The number of nitroso groups, excluding NO2 is 1. The van der Waals surface area contributed by atoms with Crippen LogP contribution >= 0.6 is 0 Å². The van der Waals surface area contributed by atoms with Crippen molar-refractivity contribution in [3.8, 4) is 0 Å². The highest BCUT2D eigenvalue weighted by atomic mass is 16.3. The molecular formula is C7H9NO. The van der Waals surface area contributed by atoms with Crippen LogP contribution in [-0.4, -0.2) is 0 Å². The number of rotatable bonds is 3. The second-order valence-corrected chi connectivity index (χ2v) is 1.62. The maximum Gasteiger partial charge on any atom is 0.103 e. The average molecular weight is 123 g/mol. The quantitative estimate of drug-likeness (QED) is 0.418.